The molecule has 4 fully saturated rings. The number of ether oxygens (including phenoxy) is 1. The molecule has 33 heavy (non-hydrogen) atoms. The molecule has 0 aromatic heterocycles. The van der Waals surface area contributed by atoms with Gasteiger partial charge >= 0.3 is 6.09 Å². The summed E-state index contributed by atoms with van der Waals surface area (Å²) in [6.45, 7) is 4.92. The van der Waals surface area contributed by atoms with Crippen LogP contribution in [-0.4, -0.2) is 65.7 Å². The van der Waals surface area contributed by atoms with Crippen LogP contribution in [-0.2, 0) is 14.9 Å². The van der Waals surface area contributed by atoms with Crippen molar-refractivity contribution in [2.75, 3.05) is 31.1 Å². The monoisotopic (exact) mass is 449 g/mol. The summed E-state index contributed by atoms with van der Waals surface area (Å²) in [5.41, 5.74) is 2.58. The third kappa shape index (κ3) is 2.98. The number of hydrogen-bond donors (Lipinski definition) is 0. The number of para-hydroxylation sites is 1. The third-order valence-corrected chi connectivity index (χ3v) is 9.43. The smallest absolute Gasteiger partial charge is 0.410 e. The van der Waals surface area contributed by atoms with E-state index in [1.54, 1.807) is 6.92 Å². The highest BCUT2D eigenvalue weighted by molar-refractivity contribution is 5.94. The normalized spacial score (nSPS) is 33.4. The van der Waals surface area contributed by atoms with Gasteiger partial charge in [-0.3, -0.25) is 9.69 Å². The average molecular weight is 450 g/mol. The summed E-state index contributed by atoms with van der Waals surface area (Å²) >= 11 is 0. The number of carbonyl (C=O) groups is 2. The number of carbonyl (C=O) groups excluding carboxylic acids is 2. The summed E-state index contributed by atoms with van der Waals surface area (Å²) in [5, 5.41) is 0. The Morgan fingerprint density at radius 3 is 2.79 bits per heavy atom. The molecule has 1 aromatic rings. The molecule has 4 atom stereocenters. The molecule has 1 aromatic carbocycles. The van der Waals surface area contributed by atoms with E-state index in [2.05, 4.69) is 29.0 Å². The van der Waals surface area contributed by atoms with Crippen LogP contribution < -0.4 is 4.90 Å². The van der Waals surface area contributed by atoms with E-state index in [0.717, 1.165) is 51.0 Å². The first kappa shape index (κ1) is 21.0. The molecular formula is C27H35N3O3. The van der Waals surface area contributed by atoms with Crippen molar-refractivity contribution in [1.82, 2.24) is 9.80 Å². The Kier molecular flexibility index (Phi) is 4.78. The van der Waals surface area contributed by atoms with Gasteiger partial charge in [-0.05, 0) is 69.2 Å². The van der Waals surface area contributed by atoms with E-state index >= 15 is 0 Å². The Balaban J connectivity index is 0.00000241. The summed E-state index contributed by atoms with van der Waals surface area (Å²) in [5.74, 6) is 3.28. The van der Waals surface area contributed by atoms with Gasteiger partial charge in [-0.25, -0.2) is 4.79 Å². The average Bonchev–Trinajstić information content (AvgIpc) is 3.09. The highest BCUT2D eigenvalue weighted by atomic mass is 16.6. The van der Waals surface area contributed by atoms with E-state index in [9.17, 15) is 9.59 Å². The minimum absolute atomic E-state index is 0. The summed E-state index contributed by atoms with van der Waals surface area (Å²) < 4.78 is 5.45. The Bertz CT molecular complexity index is 1030. The van der Waals surface area contributed by atoms with Gasteiger partial charge in [0, 0.05) is 38.5 Å². The van der Waals surface area contributed by atoms with E-state index in [1.807, 2.05) is 15.9 Å². The summed E-state index contributed by atoms with van der Waals surface area (Å²) in [7, 11) is 0. The van der Waals surface area contributed by atoms with Crippen molar-refractivity contribution >= 4 is 17.7 Å². The number of piperidine rings is 2. The fraction of sp³-hybridized carbons (Fsp3) is 0.630. The van der Waals surface area contributed by atoms with E-state index in [4.69, 9.17) is 11.2 Å². The molecule has 3 aliphatic heterocycles. The molecule has 4 unspecified atom stereocenters. The van der Waals surface area contributed by atoms with Crippen LogP contribution in [0.15, 0.2) is 24.3 Å². The molecule has 2 saturated heterocycles. The van der Waals surface area contributed by atoms with Gasteiger partial charge in [0.2, 0.25) is 5.91 Å². The molecule has 2 aliphatic carbocycles. The molecule has 2 saturated carbocycles. The third-order valence-electron chi connectivity index (χ3n) is 9.43. The first-order chi connectivity index (χ1) is 16.0. The van der Waals surface area contributed by atoms with Crippen LogP contribution in [0.25, 0.3) is 0 Å². The fourth-order valence-corrected chi connectivity index (χ4v) is 7.88. The Hall–Kier alpha value is -2.52. The van der Waals surface area contributed by atoms with Crippen molar-refractivity contribution in [3.63, 3.8) is 0 Å². The van der Waals surface area contributed by atoms with Crippen LogP contribution in [0.3, 0.4) is 0 Å². The lowest BCUT2D eigenvalue weighted by Gasteiger charge is -2.42. The van der Waals surface area contributed by atoms with E-state index in [1.165, 1.54) is 18.4 Å². The van der Waals surface area contributed by atoms with Gasteiger partial charge in [0.25, 0.3) is 0 Å². The zero-order valence-corrected chi connectivity index (χ0v) is 19.5. The Labute approximate surface area is 197 Å². The number of fused-ring (bicyclic) bond motifs is 2. The van der Waals surface area contributed by atoms with Crippen LogP contribution in [0.1, 0.15) is 58.9 Å². The van der Waals surface area contributed by atoms with Crippen molar-refractivity contribution < 1.29 is 15.8 Å². The lowest BCUT2D eigenvalue weighted by atomic mass is 9.74. The maximum atomic E-state index is 12.7. The van der Waals surface area contributed by atoms with Crippen molar-refractivity contribution in [1.29, 1.82) is 0 Å². The molecule has 6 rings (SSSR count). The van der Waals surface area contributed by atoms with Crippen molar-refractivity contribution in [3.8, 4) is 12.3 Å². The maximum absolute atomic E-state index is 12.7. The number of terminal acetylenes is 1. The molecule has 3 heterocycles. The standard InChI is InChI=1S/C27H33N3O3.H2/c1-3-4-15-33-25(32)30-24-10-9-20-16-21(17-27(20,24)30)28-13-11-26(12-14-28)18-29(19(2)31)23-8-6-5-7-22(23)26;/h1,5-8,20-21,24H,4,9-18H2,2H3;1H. The SMILES string of the molecule is C#CCCOC(=O)N1C2CCC3CC(N4CCC5(CC4)CN(C(C)=O)c4ccccc45)CC321.[HH]. The minimum atomic E-state index is -0.162. The molecule has 0 N–H and O–H groups in total. The predicted octanol–water partition coefficient (Wildman–Crippen LogP) is 3.79. The molecule has 6 nitrogen and oxygen atoms in total. The van der Waals surface area contributed by atoms with E-state index in [-0.39, 0.29) is 24.4 Å². The van der Waals surface area contributed by atoms with E-state index in [0.29, 0.717) is 31.0 Å². The van der Waals surface area contributed by atoms with E-state index < -0.39 is 0 Å². The van der Waals surface area contributed by atoms with Crippen LogP contribution in [0.2, 0.25) is 0 Å². The number of rotatable bonds is 3. The molecule has 0 bridgehead atoms. The maximum Gasteiger partial charge on any atom is 0.410 e. The van der Waals surface area contributed by atoms with Gasteiger partial charge in [0.15, 0.2) is 0 Å². The van der Waals surface area contributed by atoms with Crippen molar-refractivity contribution in [3.05, 3.63) is 29.8 Å². The van der Waals surface area contributed by atoms with Crippen molar-refractivity contribution in [2.45, 2.75) is 74.9 Å². The lowest BCUT2D eigenvalue weighted by molar-refractivity contribution is -0.116. The van der Waals surface area contributed by atoms with Gasteiger partial charge in [-0.1, -0.05) is 18.2 Å². The van der Waals surface area contributed by atoms with Crippen LogP contribution in [0, 0.1) is 18.3 Å². The summed E-state index contributed by atoms with van der Waals surface area (Å²) in [4.78, 5) is 31.7. The summed E-state index contributed by atoms with van der Waals surface area (Å²) in [6.07, 6.45) is 12.4. The van der Waals surface area contributed by atoms with Crippen LogP contribution in [0.5, 0.6) is 0 Å². The zero-order chi connectivity index (χ0) is 22.8. The second-order valence-electron chi connectivity index (χ2n) is 10.8. The molecule has 5 aliphatic rings. The molecular weight excluding hydrogens is 414 g/mol. The fourth-order valence-electron chi connectivity index (χ4n) is 7.88. The quantitative estimate of drug-likeness (QED) is 0.400. The minimum Gasteiger partial charge on any atom is -0.448 e. The molecule has 2 amide bonds. The number of anilines is 1. The second kappa shape index (κ2) is 7.50. The van der Waals surface area contributed by atoms with Gasteiger partial charge < -0.3 is 14.5 Å². The largest absolute Gasteiger partial charge is 0.448 e. The number of nitrogens with zero attached hydrogens (tertiary/aromatic N) is 3. The number of benzene rings is 1. The molecule has 176 valence electrons. The highest BCUT2D eigenvalue weighted by Crippen LogP contribution is 2.65. The van der Waals surface area contributed by atoms with Gasteiger partial charge in [-0.15, -0.1) is 12.3 Å². The van der Waals surface area contributed by atoms with Gasteiger partial charge in [0.05, 0.1) is 11.6 Å². The van der Waals surface area contributed by atoms with Crippen LogP contribution >= 0.6 is 0 Å². The Morgan fingerprint density at radius 1 is 1.24 bits per heavy atom. The lowest BCUT2D eigenvalue weighted by Crippen LogP contribution is -2.48. The highest BCUT2D eigenvalue weighted by Gasteiger charge is 2.75. The zero-order valence-electron chi connectivity index (χ0n) is 19.5. The predicted molar refractivity (Wildman–Crippen MR) is 128 cm³/mol. The van der Waals surface area contributed by atoms with Crippen molar-refractivity contribution in [2.24, 2.45) is 5.92 Å². The first-order valence-corrected chi connectivity index (χ1v) is 12.5. The Morgan fingerprint density at radius 2 is 2.03 bits per heavy atom. The molecule has 0 radical (unpaired) electrons. The number of amides is 2. The molecule has 6 heteroatoms. The van der Waals surface area contributed by atoms with Gasteiger partial charge in [0.1, 0.15) is 6.61 Å². The number of likely N-dealkylation sites (tertiary alicyclic amines) is 2. The summed E-state index contributed by atoms with van der Waals surface area (Å²) in [6, 6.07) is 9.38. The second-order valence-corrected chi connectivity index (χ2v) is 10.8. The molecule has 2 spiro atoms. The topological polar surface area (TPSA) is 52.9 Å². The first-order valence-electron chi connectivity index (χ1n) is 12.5. The number of hydrogen-bond acceptors (Lipinski definition) is 4. The van der Waals surface area contributed by atoms with Crippen LogP contribution in [0.4, 0.5) is 10.5 Å². The van der Waals surface area contributed by atoms with Gasteiger partial charge in [-0.2, -0.15) is 0 Å².